The Morgan fingerprint density at radius 3 is 2.52 bits per heavy atom. The van der Waals surface area contributed by atoms with Crippen LogP contribution in [0.3, 0.4) is 0 Å². The number of aromatic nitrogens is 3. The summed E-state index contributed by atoms with van der Waals surface area (Å²) in [5.74, 6) is 2.74. The highest BCUT2D eigenvalue weighted by atomic mass is 35.5. The Labute approximate surface area is 242 Å². The lowest BCUT2D eigenvalue weighted by Crippen LogP contribution is -2.60. The number of hydrogen-bond acceptors (Lipinski definition) is 9. The normalized spacial score (nSPS) is 21.1. The van der Waals surface area contributed by atoms with E-state index >= 15 is 0 Å². The molecule has 1 saturated carbocycles. The molecule has 0 bridgehead atoms. The van der Waals surface area contributed by atoms with Gasteiger partial charge in [0.25, 0.3) is 0 Å². The second-order valence-corrected chi connectivity index (χ2v) is 11.6. The summed E-state index contributed by atoms with van der Waals surface area (Å²) in [5.41, 5.74) is 1.49. The standard InChI is InChI=1S/C29H31Cl2N5O4/c1-4-17(37)8-16-12-40-13-20(16)33-23-9-18-19(11-32-23)34-27(35-28(18)36-14-29(15-36)6-5-7-29)24-25(30)21(38-2)10-22(39-3)26(24)31/h4,9-11,16,20H,1,5-8,12-15H2,2-3H3,(H,32,33)/t16-,20+/m0/s1. The fourth-order valence-electron chi connectivity index (χ4n) is 5.93. The van der Waals surface area contributed by atoms with Crippen molar-refractivity contribution >= 4 is 51.5 Å². The lowest BCUT2D eigenvalue weighted by molar-refractivity contribution is -0.115. The molecule has 6 rings (SSSR count). The van der Waals surface area contributed by atoms with Crippen LogP contribution in [0.25, 0.3) is 22.3 Å². The Hall–Kier alpha value is -3.14. The molecule has 4 heterocycles. The number of nitrogens with one attached hydrogen (secondary N) is 1. The third-order valence-corrected chi connectivity index (χ3v) is 9.10. The van der Waals surface area contributed by atoms with Gasteiger partial charge in [-0.05, 0) is 25.0 Å². The molecule has 1 aliphatic carbocycles. The maximum absolute atomic E-state index is 12.0. The van der Waals surface area contributed by atoms with Crippen LogP contribution < -0.4 is 19.7 Å². The Morgan fingerprint density at radius 1 is 1.18 bits per heavy atom. The van der Waals surface area contributed by atoms with Gasteiger partial charge in [-0.15, -0.1) is 0 Å². The van der Waals surface area contributed by atoms with Crippen LogP contribution in [-0.2, 0) is 9.53 Å². The summed E-state index contributed by atoms with van der Waals surface area (Å²) in [5, 5.41) is 4.97. The average molecular weight is 585 g/mol. The van der Waals surface area contributed by atoms with Crippen molar-refractivity contribution < 1.29 is 19.0 Å². The number of pyridine rings is 1. The van der Waals surface area contributed by atoms with E-state index in [0.29, 0.717) is 69.3 Å². The molecular formula is C29H31Cl2N5O4. The van der Waals surface area contributed by atoms with Gasteiger partial charge in [-0.1, -0.05) is 36.2 Å². The molecule has 1 aromatic carbocycles. The Kier molecular flexibility index (Phi) is 7.23. The minimum absolute atomic E-state index is 0.00573. The molecule has 40 heavy (non-hydrogen) atoms. The zero-order valence-electron chi connectivity index (χ0n) is 22.5. The molecule has 11 heteroatoms. The Balaban J connectivity index is 1.41. The van der Waals surface area contributed by atoms with Gasteiger partial charge < -0.3 is 24.4 Å². The van der Waals surface area contributed by atoms with E-state index in [1.807, 2.05) is 6.07 Å². The van der Waals surface area contributed by atoms with E-state index in [1.54, 1.807) is 12.3 Å². The molecule has 9 nitrogen and oxygen atoms in total. The summed E-state index contributed by atoms with van der Waals surface area (Å²) in [6.45, 7) is 6.49. The number of methoxy groups -OCH3 is 2. The van der Waals surface area contributed by atoms with Gasteiger partial charge in [-0.25, -0.2) is 15.0 Å². The third-order valence-electron chi connectivity index (χ3n) is 8.35. The van der Waals surface area contributed by atoms with Gasteiger partial charge >= 0.3 is 0 Å². The van der Waals surface area contributed by atoms with Crippen LogP contribution in [0.1, 0.15) is 25.7 Å². The number of benzene rings is 1. The van der Waals surface area contributed by atoms with E-state index in [2.05, 4.69) is 21.8 Å². The third kappa shape index (κ3) is 4.74. The van der Waals surface area contributed by atoms with Crippen molar-refractivity contribution in [1.29, 1.82) is 0 Å². The summed E-state index contributed by atoms with van der Waals surface area (Å²) >= 11 is 13.5. The second kappa shape index (κ2) is 10.7. The van der Waals surface area contributed by atoms with Gasteiger partial charge in [0.15, 0.2) is 11.6 Å². The highest BCUT2D eigenvalue weighted by Gasteiger charge is 2.48. The predicted octanol–water partition coefficient (Wildman–Crippen LogP) is 5.58. The minimum Gasteiger partial charge on any atom is -0.495 e. The maximum atomic E-state index is 12.0. The molecule has 2 saturated heterocycles. The highest BCUT2D eigenvalue weighted by Crippen LogP contribution is 2.51. The van der Waals surface area contributed by atoms with E-state index in [0.717, 1.165) is 24.3 Å². The lowest BCUT2D eigenvalue weighted by Gasteiger charge is -2.56. The first-order chi connectivity index (χ1) is 19.3. The number of hydrogen-bond donors (Lipinski definition) is 1. The monoisotopic (exact) mass is 583 g/mol. The zero-order chi connectivity index (χ0) is 28.0. The molecule has 3 fully saturated rings. The van der Waals surface area contributed by atoms with Crippen molar-refractivity contribution in [2.45, 2.75) is 31.7 Å². The summed E-state index contributed by atoms with van der Waals surface area (Å²) < 4.78 is 16.6. The lowest BCUT2D eigenvalue weighted by atomic mass is 9.63. The molecule has 1 N–H and O–H groups in total. The number of allylic oxidation sites excluding steroid dienone is 1. The number of carbonyl (C=O) groups is 1. The van der Waals surface area contributed by atoms with Crippen LogP contribution in [0, 0.1) is 11.3 Å². The van der Waals surface area contributed by atoms with Crippen LogP contribution in [0.2, 0.25) is 10.0 Å². The van der Waals surface area contributed by atoms with E-state index in [-0.39, 0.29) is 17.7 Å². The van der Waals surface area contributed by atoms with Crippen molar-refractivity contribution in [1.82, 2.24) is 15.0 Å². The average Bonchev–Trinajstić information content (AvgIpc) is 3.33. The van der Waals surface area contributed by atoms with Crippen molar-refractivity contribution in [3.8, 4) is 22.9 Å². The van der Waals surface area contributed by atoms with E-state index in [9.17, 15) is 4.79 Å². The SMILES string of the molecule is C=CC(=O)C[C@H]1COC[C@H]1Nc1cc2c(N3CC4(CCC4)C3)nc(-c3c(Cl)c(OC)cc(OC)c3Cl)nc2cn1. The molecular weight excluding hydrogens is 553 g/mol. The first kappa shape index (κ1) is 27.1. The molecule has 0 radical (unpaired) electrons. The molecule has 2 atom stereocenters. The maximum Gasteiger partial charge on any atom is 0.165 e. The minimum atomic E-state index is -0.0402. The fraction of sp³-hybridized carbons (Fsp3) is 0.448. The number of rotatable bonds is 9. The Morgan fingerprint density at radius 2 is 1.90 bits per heavy atom. The van der Waals surface area contributed by atoms with Gasteiger partial charge in [0.1, 0.15) is 23.1 Å². The van der Waals surface area contributed by atoms with Gasteiger partial charge in [0.2, 0.25) is 0 Å². The molecule has 2 aromatic heterocycles. The van der Waals surface area contributed by atoms with Crippen LogP contribution >= 0.6 is 23.2 Å². The number of ether oxygens (including phenoxy) is 3. The molecule has 210 valence electrons. The molecule has 2 aliphatic heterocycles. The van der Waals surface area contributed by atoms with Gasteiger partial charge in [-0.2, -0.15) is 0 Å². The smallest absolute Gasteiger partial charge is 0.165 e. The summed E-state index contributed by atoms with van der Waals surface area (Å²) in [6, 6.07) is 3.58. The van der Waals surface area contributed by atoms with Crippen molar-refractivity contribution in [2.75, 3.05) is 50.7 Å². The molecule has 3 aromatic rings. The molecule has 0 unspecified atom stereocenters. The number of anilines is 2. The second-order valence-electron chi connectivity index (χ2n) is 10.9. The van der Waals surface area contributed by atoms with Crippen molar-refractivity contribution in [3.05, 3.63) is 41.0 Å². The summed E-state index contributed by atoms with van der Waals surface area (Å²) in [6.07, 6.45) is 7.23. The zero-order valence-corrected chi connectivity index (χ0v) is 24.0. The Bertz CT molecular complexity index is 1460. The first-order valence-electron chi connectivity index (χ1n) is 13.4. The number of halogens is 2. The van der Waals surface area contributed by atoms with Gasteiger partial charge in [0.05, 0.1) is 60.8 Å². The number of nitrogens with zero attached hydrogens (tertiary/aromatic N) is 4. The van der Waals surface area contributed by atoms with E-state index < -0.39 is 0 Å². The quantitative estimate of drug-likeness (QED) is 0.323. The van der Waals surface area contributed by atoms with E-state index in [4.69, 9.17) is 47.4 Å². The van der Waals surface area contributed by atoms with Crippen molar-refractivity contribution in [2.24, 2.45) is 11.3 Å². The number of carbonyl (C=O) groups excluding carboxylic acids is 1. The highest BCUT2D eigenvalue weighted by molar-refractivity contribution is 6.41. The van der Waals surface area contributed by atoms with Crippen LogP contribution in [-0.4, -0.2) is 67.3 Å². The predicted molar refractivity (Wildman–Crippen MR) is 156 cm³/mol. The van der Waals surface area contributed by atoms with E-state index in [1.165, 1.54) is 39.6 Å². The largest absolute Gasteiger partial charge is 0.495 e. The van der Waals surface area contributed by atoms with Gasteiger partial charge in [0, 0.05) is 42.3 Å². The van der Waals surface area contributed by atoms with Crippen LogP contribution in [0.15, 0.2) is 31.0 Å². The first-order valence-corrected chi connectivity index (χ1v) is 14.1. The molecule has 3 aliphatic rings. The van der Waals surface area contributed by atoms with Crippen LogP contribution in [0.5, 0.6) is 11.5 Å². The van der Waals surface area contributed by atoms with Crippen LogP contribution in [0.4, 0.5) is 11.6 Å². The fourth-order valence-corrected chi connectivity index (χ4v) is 6.60. The van der Waals surface area contributed by atoms with Gasteiger partial charge in [-0.3, -0.25) is 4.79 Å². The number of fused-ring (bicyclic) bond motifs is 1. The summed E-state index contributed by atoms with van der Waals surface area (Å²) in [7, 11) is 3.07. The molecule has 1 spiro atoms. The topological polar surface area (TPSA) is 98.7 Å². The summed E-state index contributed by atoms with van der Waals surface area (Å²) in [4.78, 5) is 28.8. The number of ketones is 1. The van der Waals surface area contributed by atoms with Crippen molar-refractivity contribution in [3.63, 3.8) is 0 Å². The molecule has 0 amide bonds.